The molecule has 0 bridgehead atoms. The van der Waals surface area contributed by atoms with Crippen molar-refractivity contribution in [1.82, 2.24) is 9.78 Å². The molecule has 1 N–H and O–H groups in total. The van der Waals surface area contributed by atoms with Gasteiger partial charge in [0.05, 0.1) is 28.1 Å². The van der Waals surface area contributed by atoms with Gasteiger partial charge in [-0.1, -0.05) is 30.3 Å². The van der Waals surface area contributed by atoms with Crippen LogP contribution in [0.2, 0.25) is 0 Å². The zero-order chi connectivity index (χ0) is 21.5. The van der Waals surface area contributed by atoms with Gasteiger partial charge < -0.3 is 0 Å². The van der Waals surface area contributed by atoms with Gasteiger partial charge in [0.15, 0.2) is 9.84 Å². The Morgan fingerprint density at radius 3 is 2.50 bits per heavy atom. The first-order chi connectivity index (χ1) is 14.1. The maximum absolute atomic E-state index is 13.4. The number of aryl methyl sites for hydroxylation is 1. The molecule has 0 saturated carbocycles. The highest BCUT2D eigenvalue weighted by atomic mass is 32.2. The van der Waals surface area contributed by atoms with Crippen LogP contribution >= 0.6 is 0 Å². The lowest BCUT2D eigenvalue weighted by molar-refractivity contribution is 0.507. The van der Waals surface area contributed by atoms with Gasteiger partial charge in [0.1, 0.15) is 11.6 Å². The summed E-state index contributed by atoms with van der Waals surface area (Å²) >= 11 is 0. The molecule has 0 amide bonds. The van der Waals surface area contributed by atoms with Gasteiger partial charge in [-0.05, 0) is 37.1 Å². The van der Waals surface area contributed by atoms with Crippen molar-refractivity contribution >= 4 is 25.7 Å². The molecule has 1 unspecified atom stereocenters. The number of hydrogen-bond acceptors (Lipinski definition) is 5. The molecule has 1 aliphatic rings. The molecule has 7 nitrogen and oxygen atoms in total. The van der Waals surface area contributed by atoms with E-state index in [4.69, 9.17) is 0 Å². The second kappa shape index (κ2) is 7.51. The lowest BCUT2D eigenvalue weighted by atomic mass is 10.2. The zero-order valence-electron chi connectivity index (χ0n) is 16.1. The molecule has 1 fully saturated rings. The van der Waals surface area contributed by atoms with Crippen molar-refractivity contribution in [2.75, 3.05) is 16.2 Å². The summed E-state index contributed by atoms with van der Waals surface area (Å²) in [6, 6.07) is 13.7. The summed E-state index contributed by atoms with van der Waals surface area (Å²) in [5.41, 5.74) is 1.56. The van der Waals surface area contributed by atoms with Crippen LogP contribution in [0.15, 0.2) is 59.5 Å². The van der Waals surface area contributed by atoms with Gasteiger partial charge >= 0.3 is 0 Å². The molecule has 0 radical (unpaired) electrons. The third-order valence-electron chi connectivity index (χ3n) is 5.02. The van der Waals surface area contributed by atoms with E-state index in [2.05, 4.69) is 9.82 Å². The van der Waals surface area contributed by atoms with E-state index in [0.29, 0.717) is 12.1 Å². The zero-order valence-corrected chi connectivity index (χ0v) is 17.7. The van der Waals surface area contributed by atoms with Gasteiger partial charge in [-0.25, -0.2) is 25.9 Å². The molecular weight excluding hydrogens is 429 g/mol. The normalized spacial score (nSPS) is 18.4. The molecule has 1 atom stereocenters. The highest BCUT2D eigenvalue weighted by Gasteiger charge is 2.32. The van der Waals surface area contributed by atoms with E-state index in [1.54, 1.807) is 6.07 Å². The van der Waals surface area contributed by atoms with Gasteiger partial charge in [0.2, 0.25) is 0 Å². The van der Waals surface area contributed by atoms with Crippen molar-refractivity contribution in [3.05, 3.63) is 66.0 Å². The Balaban J connectivity index is 1.77. The fourth-order valence-corrected chi connectivity index (χ4v) is 6.53. The molecule has 0 spiro atoms. The number of aromatic nitrogens is 2. The minimum atomic E-state index is -4.04. The third kappa shape index (κ3) is 4.10. The maximum Gasteiger partial charge on any atom is 0.263 e. The summed E-state index contributed by atoms with van der Waals surface area (Å²) in [5.74, 6) is -0.437. The van der Waals surface area contributed by atoms with Crippen molar-refractivity contribution in [3.8, 4) is 11.3 Å². The smallest absolute Gasteiger partial charge is 0.263 e. The molecule has 158 valence electrons. The molecule has 0 aliphatic carbocycles. The molecule has 30 heavy (non-hydrogen) atoms. The average molecular weight is 450 g/mol. The number of halogens is 1. The van der Waals surface area contributed by atoms with Crippen molar-refractivity contribution < 1.29 is 21.2 Å². The van der Waals surface area contributed by atoms with E-state index in [1.165, 1.54) is 17.7 Å². The number of hydrogen-bond donors (Lipinski definition) is 1. The summed E-state index contributed by atoms with van der Waals surface area (Å²) in [6.45, 7) is 1.51. The summed E-state index contributed by atoms with van der Waals surface area (Å²) in [5, 5.41) is 4.51. The van der Waals surface area contributed by atoms with Crippen LogP contribution in [0.5, 0.6) is 0 Å². The molecule has 3 aromatic rings. The summed E-state index contributed by atoms with van der Waals surface area (Å²) in [6.07, 6.45) is 0.350. The maximum atomic E-state index is 13.4. The van der Waals surface area contributed by atoms with Crippen LogP contribution in [0.25, 0.3) is 11.3 Å². The monoisotopic (exact) mass is 449 g/mol. The van der Waals surface area contributed by atoms with Gasteiger partial charge in [0.25, 0.3) is 10.0 Å². The van der Waals surface area contributed by atoms with Gasteiger partial charge in [-0.2, -0.15) is 5.10 Å². The largest absolute Gasteiger partial charge is 0.264 e. The molecule has 2 heterocycles. The first-order valence-electron chi connectivity index (χ1n) is 9.29. The Bertz CT molecular complexity index is 1300. The van der Waals surface area contributed by atoms with Crippen molar-refractivity contribution in [1.29, 1.82) is 0 Å². The Morgan fingerprint density at radius 2 is 1.87 bits per heavy atom. The first-order valence-corrected chi connectivity index (χ1v) is 12.6. The lowest BCUT2D eigenvalue weighted by Gasteiger charge is -2.15. The predicted molar refractivity (Wildman–Crippen MR) is 112 cm³/mol. The topological polar surface area (TPSA) is 98.1 Å². The van der Waals surface area contributed by atoms with Crippen LogP contribution in [-0.2, 0) is 19.9 Å². The Labute approximate surface area is 174 Å². The fourth-order valence-electron chi connectivity index (χ4n) is 3.57. The van der Waals surface area contributed by atoms with Crippen LogP contribution in [0.1, 0.15) is 18.0 Å². The number of nitrogens with zero attached hydrogens (tertiary/aromatic N) is 2. The van der Waals surface area contributed by atoms with Crippen LogP contribution in [0.3, 0.4) is 0 Å². The number of anilines is 1. The Kier molecular flexibility index (Phi) is 5.15. The standard InChI is InChI=1S/C20H20FN3O4S2/c1-14-11-16(21)7-8-19(14)30(27,28)23-20-12-18(15-5-3-2-4-6-15)22-24(20)17-9-10-29(25,26)13-17/h2-8,11-12,17,23H,9-10,13H2,1H3. The number of nitrogens with one attached hydrogen (secondary N) is 1. The number of benzene rings is 2. The lowest BCUT2D eigenvalue weighted by Crippen LogP contribution is -2.20. The minimum absolute atomic E-state index is 0.0292. The molecule has 1 aliphatic heterocycles. The van der Waals surface area contributed by atoms with Gasteiger partial charge in [-0.15, -0.1) is 0 Å². The Hall–Kier alpha value is -2.72. The second-order valence-electron chi connectivity index (χ2n) is 7.30. The van der Waals surface area contributed by atoms with E-state index < -0.39 is 31.7 Å². The summed E-state index contributed by atoms with van der Waals surface area (Å²) in [4.78, 5) is -0.0584. The van der Waals surface area contributed by atoms with E-state index in [9.17, 15) is 21.2 Å². The fraction of sp³-hybridized carbons (Fsp3) is 0.250. The van der Waals surface area contributed by atoms with E-state index in [1.807, 2.05) is 30.3 Å². The Morgan fingerprint density at radius 1 is 1.13 bits per heavy atom. The molecule has 1 saturated heterocycles. The molecular formula is C20H20FN3O4S2. The van der Waals surface area contributed by atoms with Crippen molar-refractivity contribution in [2.24, 2.45) is 0 Å². The van der Waals surface area contributed by atoms with E-state index in [0.717, 1.165) is 17.7 Å². The summed E-state index contributed by atoms with van der Waals surface area (Å²) in [7, 11) is -7.24. The quantitative estimate of drug-likeness (QED) is 0.645. The van der Waals surface area contributed by atoms with E-state index in [-0.39, 0.29) is 27.8 Å². The minimum Gasteiger partial charge on any atom is -0.264 e. The SMILES string of the molecule is Cc1cc(F)ccc1S(=O)(=O)Nc1cc(-c2ccccc2)nn1C1CCS(=O)(=O)C1. The van der Waals surface area contributed by atoms with Gasteiger partial charge in [0, 0.05) is 11.6 Å². The van der Waals surface area contributed by atoms with Gasteiger partial charge in [-0.3, -0.25) is 4.72 Å². The van der Waals surface area contributed by atoms with E-state index >= 15 is 0 Å². The van der Waals surface area contributed by atoms with Crippen LogP contribution < -0.4 is 4.72 Å². The molecule has 2 aromatic carbocycles. The van der Waals surface area contributed by atoms with Crippen LogP contribution in [-0.4, -0.2) is 38.1 Å². The average Bonchev–Trinajstić information content (AvgIpc) is 3.24. The molecule has 1 aromatic heterocycles. The number of sulfone groups is 1. The predicted octanol–water partition coefficient (Wildman–Crippen LogP) is 3.16. The first kappa shape index (κ1) is 20.5. The molecule has 4 rings (SSSR count). The van der Waals surface area contributed by atoms with Crippen LogP contribution in [0.4, 0.5) is 10.2 Å². The number of sulfonamides is 1. The third-order valence-corrected chi connectivity index (χ3v) is 8.29. The number of rotatable bonds is 5. The molecule has 10 heteroatoms. The summed E-state index contributed by atoms with van der Waals surface area (Å²) < 4.78 is 67.3. The van der Waals surface area contributed by atoms with Crippen LogP contribution in [0, 0.1) is 12.7 Å². The van der Waals surface area contributed by atoms with Crippen molar-refractivity contribution in [3.63, 3.8) is 0 Å². The van der Waals surface area contributed by atoms with Crippen molar-refractivity contribution in [2.45, 2.75) is 24.3 Å². The second-order valence-corrected chi connectivity index (χ2v) is 11.2. The highest BCUT2D eigenvalue weighted by Crippen LogP contribution is 2.31. The highest BCUT2D eigenvalue weighted by molar-refractivity contribution is 7.92.